The maximum atomic E-state index is 11.4. The van der Waals surface area contributed by atoms with E-state index in [4.69, 9.17) is 9.47 Å². The van der Waals surface area contributed by atoms with Gasteiger partial charge in [-0.3, -0.25) is 4.79 Å². The molecule has 0 unspecified atom stereocenters. The number of esters is 1. The maximum Gasteiger partial charge on any atom is 0.305 e. The highest BCUT2D eigenvalue weighted by Crippen LogP contribution is 2.29. The second-order valence-corrected chi connectivity index (χ2v) is 6.04. The molecule has 0 bridgehead atoms. The van der Waals surface area contributed by atoms with Crippen LogP contribution in [0.25, 0.3) is 0 Å². The molecule has 3 nitrogen and oxygen atoms in total. The third-order valence-electron chi connectivity index (χ3n) is 4.20. The van der Waals surface area contributed by atoms with Gasteiger partial charge in [-0.15, -0.1) is 0 Å². The van der Waals surface area contributed by atoms with Crippen LogP contribution in [-0.4, -0.2) is 13.1 Å². The number of hydrogen-bond donors (Lipinski definition) is 0. The summed E-state index contributed by atoms with van der Waals surface area (Å²) in [6.07, 6.45) is 0.805. The van der Waals surface area contributed by atoms with Crippen molar-refractivity contribution >= 4 is 5.97 Å². The van der Waals surface area contributed by atoms with Gasteiger partial charge in [0.2, 0.25) is 0 Å². The monoisotopic (exact) mass is 346 g/mol. The smallest absolute Gasteiger partial charge is 0.305 e. The number of carbonyl (C=O) groups is 1. The van der Waals surface area contributed by atoms with Gasteiger partial charge in [0.15, 0.2) is 0 Å². The molecule has 0 saturated heterocycles. The van der Waals surface area contributed by atoms with E-state index in [2.05, 4.69) is 24.3 Å². The average molecular weight is 346 g/mol. The molecular formula is C23H22O3. The van der Waals surface area contributed by atoms with Crippen LogP contribution in [0.2, 0.25) is 0 Å². The number of benzene rings is 3. The lowest BCUT2D eigenvalue weighted by Crippen LogP contribution is -2.09. The van der Waals surface area contributed by atoms with Crippen LogP contribution in [0.5, 0.6) is 5.75 Å². The number of rotatable bonds is 7. The van der Waals surface area contributed by atoms with Crippen molar-refractivity contribution in [3.8, 4) is 5.75 Å². The first kappa shape index (κ1) is 17.7. The van der Waals surface area contributed by atoms with E-state index in [1.165, 1.54) is 7.11 Å². The fourth-order valence-electron chi connectivity index (χ4n) is 2.84. The Kier molecular flexibility index (Phi) is 6.05. The van der Waals surface area contributed by atoms with Crippen LogP contribution >= 0.6 is 0 Å². The van der Waals surface area contributed by atoms with Crippen LogP contribution in [0.15, 0.2) is 84.9 Å². The highest BCUT2D eigenvalue weighted by molar-refractivity contribution is 5.69. The lowest BCUT2D eigenvalue weighted by Gasteiger charge is -2.20. The van der Waals surface area contributed by atoms with E-state index < -0.39 is 0 Å². The summed E-state index contributed by atoms with van der Waals surface area (Å²) < 4.78 is 11.1. The van der Waals surface area contributed by atoms with Crippen LogP contribution in [0.1, 0.15) is 29.2 Å². The first-order valence-electron chi connectivity index (χ1n) is 8.68. The van der Waals surface area contributed by atoms with E-state index in [0.717, 1.165) is 22.4 Å². The van der Waals surface area contributed by atoms with Crippen LogP contribution < -0.4 is 4.74 Å². The van der Waals surface area contributed by atoms with Crippen LogP contribution in [-0.2, 0) is 16.0 Å². The standard InChI is InChI=1S/C23H22O3/c1-25-22(24)16-15-18-9-8-14-21(17-18)26-23(19-10-4-2-5-11-19)20-12-6-3-7-13-20/h2-14,17,23H,15-16H2,1H3. The molecule has 0 spiro atoms. The molecule has 132 valence electrons. The van der Waals surface area contributed by atoms with Crippen molar-refractivity contribution in [2.45, 2.75) is 18.9 Å². The molecule has 0 aromatic heterocycles. The van der Waals surface area contributed by atoms with Gasteiger partial charge in [0.1, 0.15) is 11.9 Å². The molecule has 3 rings (SSSR count). The van der Waals surface area contributed by atoms with Crippen molar-refractivity contribution in [2.24, 2.45) is 0 Å². The van der Waals surface area contributed by atoms with E-state index in [1.54, 1.807) is 0 Å². The summed E-state index contributed by atoms with van der Waals surface area (Å²) in [5, 5.41) is 0. The second kappa shape index (κ2) is 8.86. The van der Waals surface area contributed by atoms with Crippen molar-refractivity contribution in [2.75, 3.05) is 7.11 Å². The predicted octanol–water partition coefficient (Wildman–Crippen LogP) is 4.96. The largest absolute Gasteiger partial charge is 0.481 e. The Hall–Kier alpha value is -3.07. The lowest BCUT2D eigenvalue weighted by molar-refractivity contribution is -0.140. The highest BCUT2D eigenvalue weighted by atomic mass is 16.5. The Balaban J connectivity index is 1.82. The van der Waals surface area contributed by atoms with Crippen molar-refractivity contribution in [3.63, 3.8) is 0 Å². The molecular weight excluding hydrogens is 324 g/mol. The van der Waals surface area contributed by atoms with Gasteiger partial charge in [0, 0.05) is 6.42 Å². The Labute approximate surface area is 154 Å². The first-order valence-corrected chi connectivity index (χ1v) is 8.68. The molecule has 0 saturated carbocycles. The molecule has 26 heavy (non-hydrogen) atoms. The zero-order valence-corrected chi connectivity index (χ0v) is 14.8. The van der Waals surface area contributed by atoms with Gasteiger partial charge >= 0.3 is 5.97 Å². The second-order valence-electron chi connectivity index (χ2n) is 6.04. The zero-order chi connectivity index (χ0) is 18.2. The molecule has 0 N–H and O–H groups in total. The van der Waals surface area contributed by atoms with Crippen LogP contribution in [0.4, 0.5) is 0 Å². The number of carbonyl (C=O) groups excluding carboxylic acids is 1. The van der Waals surface area contributed by atoms with Gasteiger partial charge in [-0.1, -0.05) is 72.8 Å². The van der Waals surface area contributed by atoms with E-state index in [9.17, 15) is 4.79 Å². The van der Waals surface area contributed by atoms with Gasteiger partial charge in [0.05, 0.1) is 7.11 Å². The third kappa shape index (κ3) is 4.73. The summed E-state index contributed by atoms with van der Waals surface area (Å²) in [6.45, 7) is 0. The molecule has 0 atom stereocenters. The van der Waals surface area contributed by atoms with Crippen molar-refractivity contribution in [1.82, 2.24) is 0 Å². The van der Waals surface area contributed by atoms with Crippen molar-refractivity contribution in [3.05, 3.63) is 102 Å². The fraction of sp³-hybridized carbons (Fsp3) is 0.174. The Morgan fingerprint density at radius 2 is 1.46 bits per heavy atom. The van der Waals surface area contributed by atoms with Crippen molar-refractivity contribution < 1.29 is 14.3 Å². The summed E-state index contributed by atoms with van der Waals surface area (Å²) in [7, 11) is 1.41. The van der Waals surface area contributed by atoms with E-state index in [0.29, 0.717) is 12.8 Å². The quantitative estimate of drug-likeness (QED) is 0.567. The van der Waals surface area contributed by atoms with E-state index >= 15 is 0 Å². The Bertz CT molecular complexity index is 789. The molecule has 3 aromatic rings. The number of methoxy groups -OCH3 is 1. The van der Waals surface area contributed by atoms with Crippen molar-refractivity contribution in [1.29, 1.82) is 0 Å². The average Bonchev–Trinajstić information content (AvgIpc) is 2.72. The van der Waals surface area contributed by atoms with Gasteiger partial charge in [-0.2, -0.15) is 0 Å². The van der Waals surface area contributed by atoms with Gasteiger partial charge in [-0.25, -0.2) is 0 Å². The minimum absolute atomic E-state index is 0.187. The van der Waals surface area contributed by atoms with Gasteiger partial charge in [-0.05, 0) is 35.2 Å². The molecule has 0 fully saturated rings. The Morgan fingerprint density at radius 3 is 2.04 bits per heavy atom. The van der Waals surface area contributed by atoms with E-state index in [1.807, 2.05) is 60.7 Å². The molecule has 3 heteroatoms. The number of aryl methyl sites for hydroxylation is 1. The van der Waals surface area contributed by atoms with Crippen LogP contribution in [0.3, 0.4) is 0 Å². The normalized spacial score (nSPS) is 10.5. The first-order chi connectivity index (χ1) is 12.8. The lowest BCUT2D eigenvalue weighted by atomic mass is 10.0. The van der Waals surface area contributed by atoms with Gasteiger partial charge in [0.25, 0.3) is 0 Å². The topological polar surface area (TPSA) is 35.5 Å². The zero-order valence-electron chi connectivity index (χ0n) is 14.8. The maximum absolute atomic E-state index is 11.4. The number of ether oxygens (including phenoxy) is 2. The predicted molar refractivity (Wildman–Crippen MR) is 102 cm³/mol. The van der Waals surface area contributed by atoms with Gasteiger partial charge < -0.3 is 9.47 Å². The number of hydrogen-bond acceptors (Lipinski definition) is 3. The minimum Gasteiger partial charge on any atom is -0.481 e. The summed E-state index contributed by atoms with van der Waals surface area (Å²) in [6, 6.07) is 28.2. The Morgan fingerprint density at radius 1 is 0.846 bits per heavy atom. The summed E-state index contributed by atoms with van der Waals surface area (Å²) in [5.74, 6) is 0.577. The third-order valence-corrected chi connectivity index (χ3v) is 4.20. The van der Waals surface area contributed by atoms with Crippen LogP contribution in [0, 0.1) is 0 Å². The fourth-order valence-corrected chi connectivity index (χ4v) is 2.84. The molecule has 0 aliphatic carbocycles. The summed E-state index contributed by atoms with van der Waals surface area (Å²) in [4.78, 5) is 11.4. The molecule has 0 radical (unpaired) electrons. The van der Waals surface area contributed by atoms with E-state index in [-0.39, 0.29) is 12.1 Å². The molecule has 3 aromatic carbocycles. The molecule has 0 aliphatic rings. The summed E-state index contributed by atoms with van der Waals surface area (Å²) >= 11 is 0. The SMILES string of the molecule is COC(=O)CCc1cccc(OC(c2ccccc2)c2ccccc2)c1. The highest BCUT2D eigenvalue weighted by Gasteiger charge is 2.16. The molecule has 0 amide bonds. The summed E-state index contributed by atoms with van der Waals surface area (Å²) in [5.41, 5.74) is 3.24. The minimum atomic E-state index is -0.206. The molecule has 0 aliphatic heterocycles. The molecule has 0 heterocycles.